The summed E-state index contributed by atoms with van der Waals surface area (Å²) in [4.78, 5) is 24.6. The predicted molar refractivity (Wildman–Crippen MR) is 95.9 cm³/mol. The maximum absolute atomic E-state index is 12.7. The third-order valence-electron chi connectivity index (χ3n) is 4.44. The molecule has 3 rings (SSSR count). The summed E-state index contributed by atoms with van der Waals surface area (Å²) in [5, 5.41) is 5.46. The van der Waals surface area contributed by atoms with Gasteiger partial charge < -0.3 is 20.1 Å². The molecule has 0 spiro atoms. The maximum Gasteiger partial charge on any atom is 0.338 e. The lowest BCUT2D eigenvalue weighted by Gasteiger charge is -2.28. The quantitative estimate of drug-likeness (QED) is 0.750. The molecule has 1 fully saturated rings. The molecule has 2 unspecified atom stereocenters. The lowest BCUT2D eigenvalue weighted by molar-refractivity contribution is -0.142. The molecule has 2 aliphatic heterocycles. The van der Waals surface area contributed by atoms with Gasteiger partial charge in [-0.05, 0) is 43.9 Å². The van der Waals surface area contributed by atoms with Gasteiger partial charge in [0.1, 0.15) is 6.61 Å². The van der Waals surface area contributed by atoms with Crippen LogP contribution in [-0.2, 0) is 14.3 Å². The van der Waals surface area contributed by atoms with Crippen molar-refractivity contribution in [2.75, 3.05) is 13.2 Å². The highest BCUT2D eigenvalue weighted by Crippen LogP contribution is 2.30. The minimum Gasteiger partial charge on any atom is -0.459 e. The summed E-state index contributed by atoms with van der Waals surface area (Å²) in [6, 6.07) is 4.86. The molecule has 2 amide bonds. The van der Waals surface area contributed by atoms with Gasteiger partial charge in [-0.1, -0.05) is 28.1 Å². The van der Waals surface area contributed by atoms with E-state index < -0.39 is 12.0 Å². The number of aryl methyl sites for hydroxylation is 1. The van der Waals surface area contributed by atoms with Crippen molar-refractivity contribution in [1.82, 2.24) is 10.6 Å². The standard InChI is InChI=1S/C18H21BrN2O4/c1-10-5-6-12(8-14(10)19)16-15(11(2)20-18(23)21-16)17(22)25-9-13-4-3-7-24-13/h5-6,8,13,16H,3-4,7,9H2,1-2H3,(H2,20,21,23). The molecule has 134 valence electrons. The summed E-state index contributed by atoms with van der Waals surface area (Å²) in [6.45, 7) is 4.62. The molecule has 0 radical (unpaired) electrons. The highest BCUT2D eigenvalue weighted by molar-refractivity contribution is 9.10. The number of benzene rings is 1. The topological polar surface area (TPSA) is 76.7 Å². The Balaban J connectivity index is 1.83. The van der Waals surface area contributed by atoms with Crippen LogP contribution in [0.15, 0.2) is 33.9 Å². The van der Waals surface area contributed by atoms with Crippen LogP contribution in [0, 0.1) is 6.92 Å². The third kappa shape index (κ3) is 4.04. The number of ether oxygens (including phenoxy) is 2. The fourth-order valence-electron chi connectivity index (χ4n) is 3.03. The van der Waals surface area contributed by atoms with Gasteiger partial charge in [0, 0.05) is 16.8 Å². The SMILES string of the molecule is CC1=C(C(=O)OCC2CCCO2)C(c2ccc(C)c(Br)c2)NC(=O)N1. The highest BCUT2D eigenvalue weighted by atomic mass is 79.9. The summed E-state index contributed by atoms with van der Waals surface area (Å²) in [6.07, 6.45) is 1.85. The minimum absolute atomic E-state index is 0.0389. The average molecular weight is 409 g/mol. The van der Waals surface area contributed by atoms with Gasteiger partial charge in [-0.3, -0.25) is 0 Å². The maximum atomic E-state index is 12.7. The molecule has 25 heavy (non-hydrogen) atoms. The zero-order valence-electron chi connectivity index (χ0n) is 14.2. The Morgan fingerprint density at radius 1 is 1.40 bits per heavy atom. The number of esters is 1. The normalized spacial score (nSPS) is 23.2. The van der Waals surface area contributed by atoms with E-state index in [0.29, 0.717) is 17.9 Å². The first-order chi connectivity index (χ1) is 12.0. The molecule has 6 nitrogen and oxygen atoms in total. The molecule has 2 aliphatic rings. The van der Waals surface area contributed by atoms with E-state index in [1.807, 2.05) is 25.1 Å². The summed E-state index contributed by atoms with van der Waals surface area (Å²) in [5.74, 6) is -0.442. The lowest BCUT2D eigenvalue weighted by atomic mass is 9.95. The number of allylic oxidation sites excluding steroid dienone is 1. The van der Waals surface area contributed by atoms with E-state index in [1.54, 1.807) is 6.92 Å². The van der Waals surface area contributed by atoms with Crippen LogP contribution in [0.3, 0.4) is 0 Å². The van der Waals surface area contributed by atoms with E-state index in [1.165, 1.54) is 0 Å². The van der Waals surface area contributed by atoms with E-state index in [4.69, 9.17) is 9.47 Å². The zero-order chi connectivity index (χ0) is 18.0. The molecule has 1 aromatic rings. The van der Waals surface area contributed by atoms with Crippen molar-refractivity contribution in [2.24, 2.45) is 0 Å². The largest absolute Gasteiger partial charge is 0.459 e. The van der Waals surface area contributed by atoms with E-state index in [9.17, 15) is 9.59 Å². The Labute approximate surface area is 155 Å². The Morgan fingerprint density at radius 3 is 2.88 bits per heavy atom. The van der Waals surface area contributed by atoms with Crippen LogP contribution in [0.1, 0.15) is 36.9 Å². The molecule has 7 heteroatoms. The van der Waals surface area contributed by atoms with Gasteiger partial charge in [0.25, 0.3) is 0 Å². The first-order valence-corrected chi connectivity index (χ1v) is 9.08. The number of hydrogen-bond donors (Lipinski definition) is 2. The number of halogens is 1. The van der Waals surface area contributed by atoms with Crippen LogP contribution < -0.4 is 10.6 Å². The fraction of sp³-hybridized carbons (Fsp3) is 0.444. The van der Waals surface area contributed by atoms with E-state index in [-0.39, 0.29) is 18.7 Å². The monoisotopic (exact) mass is 408 g/mol. The lowest BCUT2D eigenvalue weighted by Crippen LogP contribution is -2.45. The number of carbonyl (C=O) groups excluding carboxylic acids is 2. The molecule has 0 aliphatic carbocycles. The van der Waals surface area contributed by atoms with Crippen molar-refractivity contribution in [1.29, 1.82) is 0 Å². The molecule has 1 aromatic carbocycles. The molecule has 0 aromatic heterocycles. The Bertz CT molecular complexity index is 726. The van der Waals surface area contributed by atoms with Gasteiger partial charge in [0.2, 0.25) is 0 Å². The highest BCUT2D eigenvalue weighted by Gasteiger charge is 2.33. The second-order valence-corrected chi connectivity index (χ2v) is 7.17. The number of amides is 2. The predicted octanol–water partition coefficient (Wildman–Crippen LogP) is 3.11. The zero-order valence-corrected chi connectivity index (χ0v) is 15.8. The van der Waals surface area contributed by atoms with E-state index in [2.05, 4.69) is 26.6 Å². The van der Waals surface area contributed by atoms with Crippen LogP contribution >= 0.6 is 15.9 Å². The van der Waals surface area contributed by atoms with Crippen molar-refractivity contribution in [2.45, 2.75) is 38.8 Å². The van der Waals surface area contributed by atoms with Crippen molar-refractivity contribution >= 4 is 27.9 Å². The number of urea groups is 1. The smallest absolute Gasteiger partial charge is 0.338 e. The molecule has 0 saturated carbocycles. The van der Waals surface area contributed by atoms with Crippen LogP contribution in [0.25, 0.3) is 0 Å². The Kier molecular flexibility index (Phi) is 5.44. The fourth-order valence-corrected chi connectivity index (χ4v) is 3.42. The number of nitrogens with one attached hydrogen (secondary N) is 2. The van der Waals surface area contributed by atoms with Gasteiger partial charge >= 0.3 is 12.0 Å². The van der Waals surface area contributed by atoms with Crippen LogP contribution in [0.4, 0.5) is 4.79 Å². The van der Waals surface area contributed by atoms with Gasteiger partial charge in [0.15, 0.2) is 0 Å². The van der Waals surface area contributed by atoms with Crippen molar-refractivity contribution in [3.05, 3.63) is 45.1 Å². The molecule has 2 heterocycles. The van der Waals surface area contributed by atoms with Crippen molar-refractivity contribution in [3.8, 4) is 0 Å². The number of hydrogen-bond acceptors (Lipinski definition) is 4. The van der Waals surface area contributed by atoms with Crippen molar-refractivity contribution in [3.63, 3.8) is 0 Å². The minimum atomic E-state index is -0.553. The third-order valence-corrected chi connectivity index (χ3v) is 5.30. The molecule has 1 saturated heterocycles. The summed E-state index contributed by atoms with van der Waals surface area (Å²) in [7, 11) is 0. The van der Waals surface area contributed by atoms with Gasteiger partial charge in [-0.15, -0.1) is 0 Å². The molecule has 0 bridgehead atoms. The number of rotatable bonds is 4. The van der Waals surface area contributed by atoms with E-state index in [0.717, 1.165) is 28.4 Å². The average Bonchev–Trinajstić information content (AvgIpc) is 3.08. The van der Waals surface area contributed by atoms with Crippen molar-refractivity contribution < 1.29 is 19.1 Å². The Hall–Kier alpha value is -1.86. The van der Waals surface area contributed by atoms with Gasteiger partial charge in [-0.2, -0.15) is 0 Å². The molecule has 2 N–H and O–H groups in total. The first-order valence-electron chi connectivity index (χ1n) is 8.28. The summed E-state index contributed by atoms with van der Waals surface area (Å²) >= 11 is 3.50. The number of carbonyl (C=O) groups is 2. The molecular weight excluding hydrogens is 388 g/mol. The van der Waals surface area contributed by atoms with Crippen LogP contribution in [-0.4, -0.2) is 31.3 Å². The molecule has 2 atom stereocenters. The summed E-state index contributed by atoms with van der Waals surface area (Å²) < 4.78 is 11.9. The van der Waals surface area contributed by atoms with Gasteiger partial charge in [-0.25, -0.2) is 9.59 Å². The summed E-state index contributed by atoms with van der Waals surface area (Å²) in [5.41, 5.74) is 2.80. The van der Waals surface area contributed by atoms with Crippen LogP contribution in [0.2, 0.25) is 0 Å². The molecular formula is C18H21BrN2O4. The van der Waals surface area contributed by atoms with Gasteiger partial charge in [0.05, 0.1) is 17.7 Å². The first kappa shape index (κ1) is 17.9. The second-order valence-electron chi connectivity index (χ2n) is 6.31. The van der Waals surface area contributed by atoms with Crippen LogP contribution in [0.5, 0.6) is 0 Å². The Morgan fingerprint density at radius 2 is 2.20 bits per heavy atom. The second kappa shape index (κ2) is 7.58. The van der Waals surface area contributed by atoms with E-state index >= 15 is 0 Å².